The molecule has 10 heteroatoms. The summed E-state index contributed by atoms with van der Waals surface area (Å²) in [5.74, 6) is 0.594. The van der Waals surface area contributed by atoms with Crippen LogP contribution in [0.15, 0.2) is 41.4 Å². The third-order valence-corrected chi connectivity index (χ3v) is 7.70. The molecule has 8 nitrogen and oxygen atoms in total. The first-order valence-corrected chi connectivity index (χ1v) is 12.4. The lowest BCUT2D eigenvalue weighted by Crippen LogP contribution is -2.21. The Labute approximate surface area is 184 Å². The van der Waals surface area contributed by atoms with Gasteiger partial charge in [-0.1, -0.05) is 6.07 Å². The summed E-state index contributed by atoms with van der Waals surface area (Å²) < 4.78 is 42.8. The van der Waals surface area contributed by atoms with Crippen molar-refractivity contribution in [1.82, 2.24) is 18.6 Å². The number of sulfonamides is 1. The Kier molecular flexibility index (Phi) is 5.28. The Morgan fingerprint density at radius 2 is 2.06 bits per heavy atom. The van der Waals surface area contributed by atoms with Gasteiger partial charge in [0.1, 0.15) is 21.7 Å². The van der Waals surface area contributed by atoms with Crippen LogP contribution in [0.1, 0.15) is 18.4 Å². The topological polar surface area (TPSA) is 100 Å². The minimum atomic E-state index is -3.84. The molecule has 1 aliphatic rings. The maximum Gasteiger partial charge on any atom is 0.264 e. The van der Waals surface area contributed by atoms with Crippen LogP contribution in [0.25, 0.3) is 21.9 Å². The van der Waals surface area contributed by atoms with Crippen LogP contribution in [-0.4, -0.2) is 53.8 Å². The van der Waals surface area contributed by atoms with E-state index in [0.717, 1.165) is 54.2 Å². The number of methoxy groups -OCH3 is 1. The molecule has 0 spiro atoms. The van der Waals surface area contributed by atoms with Gasteiger partial charge < -0.3 is 14.6 Å². The Bertz CT molecular complexity index is 1340. The predicted molar refractivity (Wildman–Crippen MR) is 122 cm³/mol. The van der Waals surface area contributed by atoms with Crippen molar-refractivity contribution < 1.29 is 13.2 Å². The molecule has 0 radical (unpaired) electrons. The minimum Gasteiger partial charge on any atom is -0.494 e. The van der Waals surface area contributed by atoms with E-state index in [1.54, 1.807) is 31.4 Å². The Morgan fingerprint density at radius 3 is 2.87 bits per heavy atom. The molecule has 0 amide bonds. The Morgan fingerprint density at radius 1 is 1.23 bits per heavy atom. The lowest BCUT2D eigenvalue weighted by atomic mass is 10.1. The lowest BCUT2D eigenvalue weighted by Gasteiger charge is -2.14. The quantitative estimate of drug-likeness (QED) is 0.440. The number of fused-ring (bicyclic) bond motifs is 2. The van der Waals surface area contributed by atoms with Gasteiger partial charge in [0.25, 0.3) is 10.0 Å². The molecule has 2 N–H and O–H groups in total. The zero-order chi connectivity index (χ0) is 21.4. The number of hydrogen-bond acceptors (Lipinski definition) is 7. The van der Waals surface area contributed by atoms with Crippen molar-refractivity contribution in [2.75, 3.05) is 31.5 Å². The molecular formula is C21H23N5O3S2. The van der Waals surface area contributed by atoms with E-state index in [0.29, 0.717) is 22.5 Å². The van der Waals surface area contributed by atoms with Gasteiger partial charge in [0.15, 0.2) is 0 Å². The van der Waals surface area contributed by atoms with Gasteiger partial charge in [-0.05, 0) is 56.1 Å². The lowest BCUT2D eigenvalue weighted by molar-refractivity contribution is 0.344. The summed E-state index contributed by atoms with van der Waals surface area (Å²) in [6.45, 7) is 3.28. The first kappa shape index (κ1) is 20.2. The normalized spacial score (nSPS) is 15.1. The van der Waals surface area contributed by atoms with E-state index < -0.39 is 10.0 Å². The van der Waals surface area contributed by atoms with Crippen molar-refractivity contribution in [3.63, 3.8) is 0 Å². The smallest absolute Gasteiger partial charge is 0.264 e. The number of aromatic amines is 1. The monoisotopic (exact) mass is 457 g/mol. The second kappa shape index (κ2) is 8.10. The molecule has 0 unspecified atom stereocenters. The number of ether oxygens (including phenoxy) is 1. The van der Waals surface area contributed by atoms with E-state index in [9.17, 15) is 8.42 Å². The van der Waals surface area contributed by atoms with Crippen molar-refractivity contribution in [3.05, 3.63) is 42.1 Å². The number of H-pyrrole nitrogens is 1. The van der Waals surface area contributed by atoms with Gasteiger partial charge >= 0.3 is 0 Å². The van der Waals surface area contributed by atoms with Crippen LogP contribution in [0, 0.1) is 0 Å². The van der Waals surface area contributed by atoms with E-state index in [-0.39, 0.29) is 4.90 Å². The summed E-state index contributed by atoms with van der Waals surface area (Å²) in [4.78, 5) is 5.86. The molecule has 4 aromatic rings. The largest absolute Gasteiger partial charge is 0.494 e. The SMILES string of the molecule is COc1cc(NS(=O)(=O)c2cccc3nsnc23)cc2c(CCN3CCCC3)c[nH]c12. The van der Waals surface area contributed by atoms with Crippen molar-refractivity contribution in [2.45, 2.75) is 24.2 Å². The van der Waals surface area contributed by atoms with Gasteiger partial charge in [-0.15, -0.1) is 0 Å². The number of benzene rings is 2. The summed E-state index contributed by atoms with van der Waals surface area (Å²) in [6.07, 6.45) is 5.40. The summed E-state index contributed by atoms with van der Waals surface area (Å²) >= 11 is 0.996. The molecule has 3 heterocycles. The predicted octanol–water partition coefficient (Wildman–Crippen LogP) is 3.62. The summed E-state index contributed by atoms with van der Waals surface area (Å²) in [5, 5.41) is 0.963. The zero-order valence-electron chi connectivity index (χ0n) is 17.1. The number of nitrogens with zero attached hydrogens (tertiary/aromatic N) is 3. The van der Waals surface area contributed by atoms with Crippen molar-refractivity contribution in [1.29, 1.82) is 0 Å². The maximum absolute atomic E-state index is 13.1. The van der Waals surface area contributed by atoms with Crippen LogP contribution >= 0.6 is 11.7 Å². The van der Waals surface area contributed by atoms with Gasteiger partial charge in [-0.3, -0.25) is 4.72 Å². The number of hydrogen-bond donors (Lipinski definition) is 2. The van der Waals surface area contributed by atoms with Gasteiger partial charge in [0.2, 0.25) is 0 Å². The fourth-order valence-electron chi connectivity index (χ4n) is 4.17. The van der Waals surface area contributed by atoms with Gasteiger partial charge in [0.05, 0.1) is 30.0 Å². The second-order valence-corrected chi connectivity index (χ2v) is 9.89. The zero-order valence-corrected chi connectivity index (χ0v) is 18.7. The second-order valence-electron chi connectivity index (χ2n) is 7.71. The molecule has 0 atom stereocenters. The van der Waals surface area contributed by atoms with Gasteiger partial charge in [-0.2, -0.15) is 8.75 Å². The number of rotatable bonds is 7. The highest BCUT2D eigenvalue weighted by Gasteiger charge is 2.21. The molecule has 2 aromatic heterocycles. The van der Waals surface area contributed by atoms with Gasteiger partial charge in [0, 0.05) is 24.2 Å². The molecule has 31 heavy (non-hydrogen) atoms. The van der Waals surface area contributed by atoms with Crippen LogP contribution < -0.4 is 9.46 Å². The minimum absolute atomic E-state index is 0.112. The standard InChI is InChI=1S/C21H23N5O3S2/c1-29-18-12-15(25-31(27,28)19-6-4-5-17-21(19)24-30-23-17)11-16-14(13-22-20(16)18)7-10-26-8-2-3-9-26/h4-6,11-13,22,25H,2-3,7-10H2,1H3. The summed E-state index contributed by atoms with van der Waals surface area (Å²) in [5.41, 5.74) is 3.41. The van der Waals surface area contributed by atoms with Crippen LogP contribution in [0.3, 0.4) is 0 Å². The van der Waals surface area contributed by atoms with Crippen molar-refractivity contribution >= 4 is 49.4 Å². The van der Waals surface area contributed by atoms with Crippen LogP contribution in [0.5, 0.6) is 5.75 Å². The molecule has 5 rings (SSSR count). The van der Waals surface area contributed by atoms with Gasteiger partial charge in [-0.25, -0.2) is 8.42 Å². The molecule has 1 saturated heterocycles. The van der Waals surface area contributed by atoms with E-state index in [1.807, 2.05) is 12.3 Å². The molecule has 0 bridgehead atoms. The first-order chi connectivity index (χ1) is 15.0. The maximum atomic E-state index is 13.1. The van der Waals surface area contributed by atoms with E-state index in [1.165, 1.54) is 12.8 Å². The van der Waals surface area contributed by atoms with Crippen molar-refractivity contribution in [2.24, 2.45) is 0 Å². The summed E-state index contributed by atoms with van der Waals surface area (Å²) in [7, 11) is -2.26. The molecule has 0 saturated carbocycles. The molecular weight excluding hydrogens is 434 g/mol. The van der Waals surface area contributed by atoms with Crippen molar-refractivity contribution in [3.8, 4) is 5.75 Å². The third kappa shape index (κ3) is 3.86. The molecule has 162 valence electrons. The first-order valence-electron chi connectivity index (χ1n) is 10.2. The third-order valence-electron chi connectivity index (χ3n) is 5.75. The average Bonchev–Trinajstić information content (AvgIpc) is 3.51. The average molecular weight is 458 g/mol. The van der Waals surface area contributed by atoms with E-state index in [2.05, 4.69) is 23.4 Å². The van der Waals surface area contributed by atoms with E-state index >= 15 is 0 Å². The Balaban J connectivity index is 1.49. The number of anilines is 1. The van der Waals surface area contributed by atoms with Crippen LogP contribution in [0.2, 0.25) is 0 Å². The highest BCUT2D eigenvalue weighted by molar-refractivity contribution is 7.93. The highest BCUT2D eigenvalue weighted by atomic mass is 32.2. The van der Waals surface area contributed by atoms with E-state index in [4.69, 9.17) is 4.74 Å². The fraction of sp³-hybridized carbons (Fsp3) is 0.333. The fourth-order valence-corrected chi connectivity index (χ4v) is 5.98. The Hall–Kier alpha value is -2.69. The molecule has 0 aliphatic carbocycles. The summed E-state index contributed by atoms with van der Waals surface area (Å²) in [6, 6.07) is 8.52. The molecule has 1 fully saturated rings. The van der Waals surface area contributed by atoms with Crippen LogP contribution in [0.4, 0.5) is 5.69 Å². The number of nitrogens with one attached hydrogen (secondary N) is 2. The molecule has 2 aromatic carbocycles. The highest BCUT2D eigenvalue weighted by Crippen LogP contribution is 2.33. The molecule has 1 aliphatic heterocycles. The number of aromatic nitrogens is 3. The number of likely N-dealkylation sites (tertiary alicyclic amines) is 1. The van der Waals surface area contributed by atoms with Crippen LogP contribution in [-0.2, 0) is 16.4 Å².